The molecule has 7 nitrogen and oxygen atoms in total. The lowest BCUT2D eigenvalue weighted by atomic mass is 9.93. The Bertz CT molecular complexity index is 940. The Labute approximate surface area is 182 Å². The number of rotatable bonds is 8. The van der Waals surface area contributed by atoms with Crippen molar-refractivity contribution in [2.45, 2.75) is 26.2 Å². The van der Waals surface area contributed by atoms with Gasteiger partial charge < -0.3 is 19.5 Å². The SMILES string of the molecule is CCOC(=O)C1=C(C)NC(OC)N(CC(=O)c2ccccc2)C1c1ccc(OC)cc1. The highest BCUT2D eigenvalue weighted by Gasteiger charge is 2.40. The molecule has 0 fully saturated rings. The number of hydrogen-bond donors (Lipinski definition) is 1. The van der Waals surface area contributed by atoms with E-state index in [4.69, 9.17) is 14.2 Å². The van der Waals surface area contributed by atoms with E-state index in [1.54, 1.807) is 33.3 Å². The molecule has 1 aliphatic heterocycles. The van der Waals surface area contributed by atoms with Gasteiger partial charge in [-0.2, -0.15) is 0 Å². The molecule has 0 amide bonds. The number of carbonyl (C=O) groups is 2. The summed E-state index contributed by atoms with van der Waals surface area (Å²) in [6, 6.07) is 15.9. The molecule has 3 rings (SSSR count). The third-order valence-electron chi connectivity index (χ3n) is 5.22. The molecular weight excluding hydrogens is 396 g/mol. The van der Waals surface area contributed by atoms with Gasteiger partial charge >= 0.3 is 5.97 Å². The fourth-order valence-corrected chi connectivity index (χ4v) is 3.72. The third-order valence-corrected chi connectivity index (χ3v) is 5.22. The fourth-order valence-electron chi connectivity index (χ4n) is 3.72. The Kier molecular flexibility index (Phi) is 7.44. The molecule has 2 aromatic carbocycles. The number of nitrogens with one attached hydrogen (secondary N) is 1. The van der Waals surface area contributed by atoms with Gasteiger partial charge in [0.1, 0.15) is 5.75 Å². The predicted octanol–water partition coefficient (Wildman–Crippen LogP) is 3.29. The molecule has 31 heavy (non-hydrogen) atoms. The maximum atomic E-state index is 13.1. The summed E-state index contributed by atoms with van der Waals surface area (Å²) in [5.41, 5.74) is 2.51. The highest BCUT2D eigenvalue weighted by molar-refractivity contribution is 5.98. The lowest BCUT2D eigenvalue weighted by Crippen LogP contribution is -2.55. The van der Waals surface area contributed by atoms with Gasteiger partial charge in [-0.15, -0.1) is 0 Å². The van der Waals surface area contributed by atoms with Crippen molar-refractivity contribution in [1.82, 2.24) is 10.2 Å². The van der Waals surface area contributed by atoms with Crippen LogP contribution in [0, 0.1) is 0 Å². The highest BCUT2D eigenvalue weighted by atomic mass is 16.5. The normalized spacial score (nSPS) is 19.0. The summed E-state index contributed by atoms with van der Waals surface area (Å²) in [6.45, 7) is 3.87. The topological polar surface area (TPSA) is 77.1 Å². The summed E-state index contributed by atoms with van der Waals surface area (Å²) in [4.78, 5) is 27.8. The summed E-state index contributed by atoms with van der Waals surface area (Å²) >= 11 is 0. The summed E-state index contributed by atoms with van der Waals surface area (Å²) < 4.78 is 16.3. The second-order valence-corrected chi connectivity index (χ2v) is 7.13. The number of esters is 1. The first-order valence-electron chi connectivity index (χ1n) is 10.1. The molecule has 0 saturated heterocycles. The van der Waals surface area contributed by atoms with Gasteiger partial charge in [-0.05, 0) is 31.5 Å². The lowest BCUT2D eigenvalue weighted by Gasteiger charge is -2.42. The first-order chi connectivity index (χ1) is 15.0. The molecule has 2 aromatic rings. The molecule has 0 aliphatic carbocycles. The molecule has 1 N–H and O–H groups in total. The largest absolute Gasteiger partial charge is 0.497 e. The van der Waals surface area contributed by atoms with E-state index in [0.29, 0.717) is 22.6 Å². The van der Waals surface area contributed by atoms with E-state index in [1.807, 2.05) is 54.3 Å². The molecule has 0 bridgehead atoms. The number of nitrogens with zero attached hydrogens (tertiary/aromatic N) is 1. The minimum Gasteiger partial charge on any atom is -0.497 e. The highest BCUT2D eigenvalue weighted by Crippen LogP contribution is 2.36. The molecule has 0 aromatic heterocycles. The van der Waals surface area contributed by atoms with E-state index in [1.165, 1.54) is 0 Å². The van der Waals surface area contributed by atoms with Gasteiger partial charge in [0.25, 0.3) is 0 Å². The van der Waals surface area contributed by atoms with E-state index in [2.05, 4.69) is 5.32 Å². The summed E-state index contributed by atoms with van der Waals surface area (Å²) in [6.07, 6.45) is -0.599. The number of methoxy groups -OCH3 is 2. The maximum absolute atomic E-state index is 13.1. The molecule has 0 saturated carbocycles. The van der Waals surface area contributed by atoms with Gasteiger partial charge in [0.2, 0.25) is 0 Å². The molecule has 0 radical (unpaired) electrons. The van der Waals surface area contributed by atoms with Crippen molar-refractivity contribution < 1.29 is 23.8 Å². The number of benzene rings is 2. The van der Waals surface area contributed by atoms with Gasteiger partial charge in [-0.1, -0.05) is 42.5 Å². The number of ether oxygens (including phenoxy) is 3. The van der Waals surface area contributed by atoms with E-state index in [-0.39, 0.29) is 18.9 Å². The van der Waals surface area contributed by atoms with Crippen molar-refractivity contribution in [2.75, 3.05) is 27.4 Å². The number of hydrogen-bond acceptors (Lipinski definition) is 7. The summed E-state index contributed by atoms with van der Waals surface area (Å²) in [7, 11) is 3.16. The van der Waals surface area contributed by atoms with E-state index >= 15 is 0 Å². The Balaban J connectivity index is 2.06. The van der Waals surface area contributed by atoms with Crippen LogP contribution in [-0.2, 0) is 14.3 Å². The molecule has 7 heteroatoms. The Hall–Kier alpha value is -3.16. The Morgan fingerprint density at radius 1 is 1.03 bits per heavy atom. The van der Waals surface area contributed by atoms with Gasteiger partial charge in [0.15, 0.2) is 12.1 Å². The van der Waals surface area contributed by atoms with Crippen LogP contribution >= 0.6 is 0 Å². The zero-order valence-corrected chi connectivity index (χ0v) is 18.3. The van der Waals surface area contributed by atoms with Crippen LogP contribution in [0.5, 0.6) is 5.75 Å². The zero-order chi connectivity index (χ0) is 22.4. The van der Waals surface area contributed by atoms with Crippen molar-refractivity contribution in [1.29, 1.82) is 0 Å². The molecular formula is C24H28N2O5. The van der Waals surface area contributed by atoms with E-state index in [9.17, 15) is 9.59 Å². The zero-order valence-electron chi connectivity index (χ0n) is 18.3. The Morgan fingerprint density at radius 3 is 2.29 bits per heavy atom. The number of Topliss-reactive ketones (excluding diaryl/α,β-unsaturated/α-hetero) is 1. The van der Waals surface area contributed by atoms with Crippen molar-refractivity contribution in [3.8, 4) is 5.75 Å². The van der Waals surface area contributed by atoms with Crippen molar-refractivity contribution in [3.63, 3.8) is 0 Å². The first kappa shape index (κ1) is 22.5. The smallest absolute Gasteiger partial charge is 0.337 e. The molecule has 2 unspecified atom stereocenters. The standard InChI is InChI=1S/C24H28N2O5/c1-5-31-23(28)21-16(2)25-24(30-4)26(15-20(27)17-9-7-6-8-10-17)22(21)18-11-13-19(29-3)14-12-18/h6-14,22,24-25H,5,15H2,1-4H3. The Morgan fingerprint density at radius 2 is 1.71 bits per heavy atom. The van der Waals surface area contributed by atoms with Crippen LogP contribution < -0.4 is 10.1 Å². The molecule has 1 heterocycles. The molecule has 1 aliphatic rings. The quantitative estimate of drug-likeness (QED) is 0.515. The maximum Gasteiger partial charge on any atom is 0.337 e. The number of carbonyl (C=O) groups excluding carboxylic acids is 2. The van der Waals surface area contributed by atoms with E-state index in [0.717, 1.165) is 5.56 Å². The minimum atomic E-state index is -0.599. The van der Waals surface area contributed by atoms with Gasteiger partial charge in [-0.25, -0.2) is 9.69 Å². The van der Waals surface area contributed by atoms with Gasteiger partial charge in [0.05, 0.1) is 31.9 Å². The van der Waals surface area contributed by atoms with E-state index < -0.39 is 18.4 Å². The van der Waals surface area contributed by atoms with Crippen LogP contribution in [0.2, 0.25) is 0 Å². The monoisotopic (exact) mass is 424 g/mol. The van der Waals surface area contributed by atoms with Crippen LogP contribution in [0.25, 0.3) is 0 Å². The second kappa shape index (κ2) is 10.2. The third kappa shape index (κ3) is 4.95. The van der Waals surface area contributed by atoms with Crippen LogP contribution in [0.3, 0.4) is 0 Å². The average molecular weight is 424 g/mol. The van der Waals surface area contributed by atoms with Crippen molar-refractivity contribution >= 4 is 11.8 Å². The second-order valence-electron chi connectivity index (χ2n) is 7.13. The first-order valence-corrected chi connectivity index (χ1v) is 10.1. The van der Waals surface area contributed by atoms with Gasteiger partial charge in [0, 0.05) is 18.4 Å². The van der Waals surface area contributed by atoms with Crippen molar-refractivity contribution in [3.05, 3.63) is 77.0 Å². The molecule has 164 valence electrons. The number of ketones is 1. The molecule has 2 atom stereocenters. The van der Waals surface area contributed by atoms with Crippen LogP contribution in [-0.4, -0.2) is 50.4 Å². The lowest BCUT2D eigenvalue weighted by molar-refractivity contribution is -0.141. The fraction of sp³-hybridized carbons (Fsp3) is 0.333. The summed E-state index contributed by atoms with van der Waals surface area (Å²) in [5, 5.41) is 3.19. The van der Waals surface area contributed by atoms with Crippen LogP contribution in [0.1, 0.15) is 35.8 Å². The van der Waals surface area contributed by atoms with Crippen molar-refractivity contribution in [2.24, 2.45) is 0 Å². The minimum absolute atomic E-state index is 0.0440. The van der Waals surface area contributed by atoms with Crippen LogP contribution in [0.4, 0.5) is 0 Å². The summed E-state index contributed by atoms with van der Waals surface area (Å²) in [5.74, 6) is 0.192. The molecule has 0 spiro atoms. The number of allylic oxidation sites excluding steroid dienone is 1. The van der Waals surface area contributed by atoms with Gasteiger partial charge in [-0.3, -0.25) is 4.79 Å². The average Bonchev–Trinajstić information content (AvgIpc) is 2.80. The predicted molar refractivity (Wildman–Crippen MR) is 116 cm³/mol. The van der Waals surface area contributed by atoms with Crippen LogP contribution in [0.15, 0.2) is 65.9 Å².